The van der Waals surface area contributed by atoms with Crippen molar-refractivity contribution in [3.05, 3.63) is 51.4 Å². The molecule has 0 spiro atoms. The van der Waals surface area contributed by atoms with Crippen molar-refractivity contribution in [3.63, 3.8) is 0 Å². The third-order valence-electron chi connectivity index (χ3n) is 3.16. The van der Waals surface area contributed by atoms with Crippen LogP contribution in [0, 0.1) is 0 Å². The number of rotatable bonds is 3. The van der Waals surface area contributed by atoms with Crippen LogP contribution in [0.5, 0.6) is 0 Å². The van der Waals surface area contributed by atoms with Gasteiger partial charge in [-0.2, -0.15) is 13.2 Å². The van der Waals surface area contributed by atoms with Crippen molar-refractivity contribution in [1.29, 1.82) is 0 Å². The molecule has 0 aliphatic heterocycles. The number of alkyl halides is 3. The summed E-state index contributed by atoms with van der Waals surface area (Å²) in [4.78, 5) is 23.4. The summed E-state index contributed by atoms with van der Waals surface area (Å²) >= 11 is 0. The van der Waals surface area contributed by atoms with E-state index in [1.807, 2.05) is 0 Å². The SMILES string of the molecule is CC(C)c1[nH]n(-c2ccccc2C(F)(F)F)c(=O)c1C(=O)O. The molecule has 0 unspecified atom stereocenters. The fourth-order valence-corrected chi connectivity index (χ4v) is 2.16. The van der Waals surface area contributed by atoms with Crippen LogP contribution >= 0.6 is 0 Å². The number of aromatic carboxylic acids is 1. The molecule has 1 aromatic heterocycles. The molecule has 118 valence electrons. The second-order valence-corrected chi connectivity index (χ2v) is 5.02. The Morgan fingerprint density at radius 1 is 1.27 bits per heavy atom. The Balaban J connectivity index is 2.78. The van der Waals surface area contributed by atoms with E-state index in [0.29, 0.717) is 4.68 Å². The minimum absolute atomic E-state index is 0.0782. The van der Waals surface area contributed by atoms with E-state index in [9.17, 15) is 22.8 Å². The van der Waals surface area contributed by atoms with Gasteiger partial charge in [0.15, 0.2) is 0 Å². The molecular weight excluding hydrogens is 301 g/mol. The van der Waals surface area contributed by atoms with Crippen LogP contribution in [-0.4, -0.2) is 20.9 Å². The van der Waals surface area contributed by atoms with Gasteiger partial charge in [-0.25, -0.2) is 9.48 Å². The maximum Gasteiger partial charge on any atom is 0.418 e. The summed E-state index contributed by atoms with van der Waals surface area (Å²) in [6, 6.07) is 4.48. The van der Waals surface area contributed by atoms with Gasteiger partial charge in [0.05, 0.1) is 16.9 Å². The Hall–Kier alpha value is -2.51. The molecule has 0 bridgehead atoms. The molecule has 0 aliphatic carbocycles. The number of H-pyrrole nitrogens is 1. The molecule has 22 heavy (non-hydrogen) atoms. The number of carboxylic acids is 1. The largest absolute Gasteiger partial charge is 0.477 e. The van der Waals surface area contributed by atoms with Gasteiger partial charge in [0.2, 0.25) is 0 Å². The first-order chi connectivity index (χ1) is 10.1. The molecule has 1 aromatic carbocycles. The molecule has 0 aliphatic rings. The van der Waals surface area contributed by atoms with Crippen molar-refractivity contribution in [2.75, 3.05) is 0 Å². The van der Waals surface area contributed by atoms with Crippen LogP contribution in [-0.2, 0) is 6.18 Å². The number of aromatic amines is 1. The number of aromatic nitrogens is 2. The van der Waals surface area contributed by atoms with Crippen LogP contribution < -0.4 is 5.56 Å². The average molecular weight is 314 g/mol. The molecule has 0 radical (unpaired) electrons. The quantitative estimate of drug-likeness (QED) is 0.914. The number of nitrogens with zero attached hydrogens (tertiary/aromatic N) is 1. The van der Waals surface area contributed by atoms with Crippen molar-refractivity contribution in [2.24, 2.45) is 0 Å². The van der Waals surface area contributed by atoms with Crippen molar-refractivity contribution >= 4 is 5.97 Å². The molecule has 0 saturated carbocycles. The summed E-state index contributed by atoms with van der Waals surface area (Å²) in [6.45, 7) is 3.27. The zero-order valence-corrected chi connectivity index (χ0v) is 11.7. The first-order valence-corrected chi connectivity index (χ1v) is 6.39. The normalized spacial score (nSPS) is 11.9. The van der Waals surface area contributed by atoms with Crippen molar-refractivity contribution < 1.29 is 23.1 Å². The van der Waals surface area contributed by atoms with E-state index < -0.39 is 34.5 Å². The van der Waals surface area contributed by atoms with E-state index in [2.05, 4.69) is 5.10 Å². The predicted molar refractivity (Wildman–Crippen MR) is 72.4 cm³/mol. The zero-order chi connectivity index (χ0) is 16.7. The Morgan fingerprint density at radius 2 is 1.86 bits per heavy atom. The second-order valence-electron chi connectivity index (χ2n) is 5.02. The highest BCUT2D eigenvalue weighted by molar-refractivity contribution is 5.88. The molecule has 0 atom stereocenters. The number of halogens is 3. The summed E-state index contributed by atoms with van der Waals surface area (Å²) in [6.07, 6.45) is -4.66. The Labute approximate surface area is 123 Å². The van der Waals surface area contributed by atoms with Crippen molar-refractivity contribution in [2.45, 2.75) is 25.9 Å². The first kappa shape index (κ1) is 15.9. The number of carbonyl (C=O) groups is 1. The van der Waals surface area contributed by atoms with Crippen LogP contribution in [0.1, 0.15) is 41.4 Å². The lowest BCUT2D eigenvalue weighted by atomic mass is 10.1. The fourth-order valence-electron chi connectivity index (χ4n) is 2.16. The second kappa shape index (κ2) is 5.36. The maximum atomic E-state index is 13.0. The number of carboxylic acid groups (broad SMARTS) is 1. The van der Waals surface area contributed by atoms with Gasteiger partial charge in [-0.1, -0.05) is 26.0 Å². The first-order valence-electron chi connectivity index (χ1n) is 6.39. The van der Waals surface area contributed by atoms with Crippen molar-refractivity contribution in [1.82, 2.24) is 9.78 Å². The summed E-state index contributed by atoms with van der Waals surface area (Å²) in [7, 11) is 0. The molecule has 2 N–H and O–H groups in total. The van der Waals surface area contributed by atoms with E-state index in [1.54, 1.807) is 13.8 Å². The van der Waals surface area contributed by atoms with E-state index in [1.165, 1.54) is 12.1 Å². The van der Waals surface area contributed by atoms with Gasteiger partial charge in [-0.3, -0.25) is 9.89 Å². The summed E-state index contributed by atoms with van der Waals surface area (Å²) in [5.74, 6) is -1.84. The summed E-state index contributed by atoms with van der Waals surface area (Å²) in [5, 5.41) is 11.6. The van der Waals surface area contributed by atoms with E-state index >= 15 is 0 Å². The topological polar surface area (TPSA) is 75.1 Å². The van der Waals surface area contributed by atoms with Gasteiger partial charge in [-0.15, -0.1) is 0 Å². The van der Waals surface area contributed by atoms with Gasteiger partial charge in [0, 0.05) is 0 Å². The lowest BCUT2D eigenvalue weighted by Gasteiger charge is -2.12. The Morgan fingerprint density at radius 3 is 2.32 bits per heavy atom. The average Bonchev–Trinajstić information content (AvgIpc) is 2.75. The highest BCUT2D eigenvalue weighted by Crippen LogP contribution is 2.33. The lowest BCUT2D eigenvalue weighted by molar-refractivity contribution is -0.137. The van der Waals surface area contributed by atoms with Crippen LogP contribution in [0.4, 0.5) is 13.2 Å². The van der Waals surface area contributed by atoms with Crippen LogP contribution in [0.3, 0.4) is 0 Å². The standard InChI is InChI=1S/C14H13F3N2O3/c1-7(2)11-10(13(21)22)12(20)19(18-11)9-6-4-3-5-8(9)14(15,16)17/h3-7,18H,1-2H3,(H,21,22). The molecule has 2 rings (SSSR count). The molecule has 5 nitrogen and oxygen atoms in total. The number of hydrogen-bond donors (Lipinski definition) is 2. The third kappa shape index (κ3) is 2.63. The van der Waals surface area contributed by atoms with Gasteiger partial charge >= 0.3 is 12.1 Å². The predicted octanol–water partition coefficient (Wildman–Crippen LogP) is 3.01. The monoisotopic (exact) mass is 314 g/mol. The number of hydrogen-bond acceptors (Lipinski definition) is 2. The molecule has 0 amide bonds. The molecule has 0 fully saturated rings. The highest BCUT2D eigenvalue weighted by Gasteiger charge is 2.35. The van der Waals surface area contributed by atoms with Crippen molar-refractivity contribution in [3.8, 4) is 5.69 Å². The van der Waals surface area contributed by atoms with Gasteiger partial charge in [-0.05, 0) is 18.1 Å². The molecule has 1 heterocycles. The van der Waals surface area contributed by atoms with Gasteiger partial charge in [0.25, 0.3) is 5.56 Å². The Bertz CT molecular complexity index is 772. The smallest absolute Gasteiger partial charge is 0.418 e. The van der Waals surface area contributed by atoms with Gasteiger partial charge in [0.1, 0.15) is 5.56 Å². The molecular formula is C14H13F3N2O3. The fraction of sp³-hybridized carbons (Fsp3) is 0.286. The highest BCUT2D eigenvalue weighted by atomic mass is 19.4. The molecule has 8 heteroatoms. The van der Waals surface area contributed by atoms with E-state index in [0.717, 1.165) is 12.1 Å². The molecule has 2 aromatic rings. The maximum absolute atomic E-state index is 13.0. The minimum Gasteiger partial charge on any atom is -0.477 e. The zero-order valence-electron chi connectivity index (χ0n) is 11.7. The van der Waals surface area contributed by atoms with Crippen LogP contribution in [0.25, 0.3) is 5.69 Å². The van der Waals surface area contributed by atoms with E-state index in [-0.39, 0.29) is 11.6 Å². The number of benzene rings is 1. The van der Waals surface area contributed by atoms with Gasteiger partial charge < -0.3 is 5.11 Å². The lowest BCUT2D eigenvalue weighted by Crippen LogP contribution is -2.23. The van der Waals surface area contributed by atoms with E-state index in [4.69, 9.17) is 5.11 Å². The summed E-state index contributed by atoms with van der Waals surface area (Å²) in [5.41, 5.74) is -2.95. The number of nitrogens with one attached hydrogen (secondary N) is 1. The van der Waals surface area contributed by atoms with Crippen LogP contribution in [0.15, 0.2) is 29.1 Å². The summed E-state index contributed by atoms with van der Waals surface area (Å²) < 4.78 is 39.8. The number of para-hydroxylation sites is 1. The molecule has 0 saturated heterocycles. The Kier molecular flexibility index (Phi) is 3.87. The van der Waals surface area contributed by atoms with Crippen LogP contribution in [0.2, 0.25) is 0 Å². The minimum atomic E-state index is -4.66. The third-order valence-corrected chi connectivity index (χ3v) is 3.16.